The maximum atomic E-state index is 8.57. The first-order valence-electron chi connectivity index (χ1n) is 4.38. The molecule has 0 bridgehead atoms. The standard InChI is InChI=1S/C11H5Cl2N3/c12-8-1-2-9(10(13)3-8)7-5-15-11(4-14)16-6-7/h1-3,5-6H. The van der Waals surface area contributed by atoms with Crippen molar-refractivity contribution in [3.05, 3.63) is 46.5 Å². The summed E-state index contributed by atoms with van der Waals surface area (Å²) < 4.78 is 0. The zero-order valence-electron chi connectivity index (χ0n) is 7.98. The van der Waals surface area contributed by atoms with Gasteiger partial charge in [0.25, 0.3) is 0 Å². The lowest BCUT2D eigenvalue weighted by Crippen LogP contribution is -1.89. The number of rotatable bonds is 1. The van der Waals surface area contributed by atoms with Crippen molar-refractivity contribution in [1.82, 2.24) is 9.97 Å². The lowest BCUT2D eigenvalue weighted by atomic mass is 10.1. The van der Waals surface area contributed by atoms with Crippen LogP contribution in [0.4, 0.5) is 0 Å². The number of aromatic nitrogens is 2. The first-order chi connectivity index (χ1) is 7.70. The van der Waals surface area contributed by atoms with Gasteiger partial charge in [-0.1, -0.05) is 29.3 Å². The van der Waals surface area contributed by atoms with Gasteiger partial charge in [0.2, 0.25) is 5.82 Å². The van der Waals surface area contributed by atoms with E-state index in [0.29, 0.717) is 10.0 Å². The summed E-state index contributed by atoms with van der Waals surface area (Å²) in [5.74, 6) is 0.133. The SMILES string of the molecule is N#Cc1ncc(-c2ccc(Cl)cc2Cl)cn1. The van der Waals surface area contributed by atoms with Crippen LogP contribution in [0, 0.1) is 11.3 Å². The van der Waals surface area contributed by atoms with Crippen molar-refractivity contribution in [2.45, 2.75) is 0 Å². The monoisotopic (exact) mass is 249 g/mol. The van der Waals surface area contributed by atoms with Crippen LogP contribution < -0.4 is 0 Å². The molecule has 0 N–H and O–H groups in total. The number of benzene rings is 1. The molecule has 0 amide bonds. The average molecular weight is 250 g/mol. The molecule has 1 aromatic carbocycles. The number of nitrogens with zero attached hydrogens (tertiary/aromatic N) is 3. The van der Waals surface area contributed by atoms with Gasteiger partial charge in [0.05, 0.1) is 0 Å². The van der Waals surface area contributed by atoms with E-state index in [1.807, 2.05) is 6.07 Å². The Morgan fingerprint density at radius 3 is 2.38 bits per heavy atom. The largest absolute Gasteiger partial charge is 0.232 e. The zero-order chi connectivity index (χ0) is 11.5. The van der Waals surface area contributed by atoms with E-state index in [9.17, 15) is 0 Å². The van der Waals surface area contributed by atoms with Crippen LogP contribution in [0.2, 0.25) is 10.0 Å². The zero-order valence-corrected chi connectivity index (χ0v) is 9.50. The summed E-state index contributed by atoms with van der Waals surface area (Å²) in [4.78, 5) is 7.75. The molecule has 1 heterocycles. The predicted molar refractivity (Wildman–Crippen MR) is 62.2 cm³/mol. The molecule has 0 saturated carbocycles. The quantitative estimate of drug-likeness (QED) is 0.779. The number of nitriles is 1. The Labute approximate surface area is 102 Å². The fourth-order valence-electron chi connectivity index (χ4n) is 1.25. The van der Waals surface area contributed by atoms with Gasteiger partial charge in [-0.3, -0.25) is 0 Å². The van der Waals surface area contributed by atoms with Crippen molar-refractivity contribution >= 4 is 23.2 Å². The van der Waals surface area contributed by atoms with Gasteiger partial charge in [0.15, 0.2) is 0 Å². The van der Waals surface area contributed by atoms with E-state index in [0.717, 1.165) is 11.1 Å². The third kappa shape index (κ3) is 2.13. The Balaban J connectivity index is 2.47. The smallest absolute Gasteiger partial charge is 0.227 e. The van der Waals surface area contributed by atoms with Crippen LogP contribution in [0.1, 0.15) is 5.82 Å². The summed E-state index contributed by atoms with van der Waals surface area (Å²) in [6.07, 6.45) is 3.11. The number of hydrogen-bond acceptors (Lipinski definition) is 3. The van der Waals surface area contributed by atoms with E-state index >= 15 is 0 Å². The summed E-state index contributed by atoms with van der Waals surface area (Å²) in [5, 5.41) is 9.67. The highest BCUT2D eigenvalue weighted by Gasteiger charge is 2.05. The van der Waals surface area contributed by atoms with E-state index in [4.69, 9.17) is 28.5 Å². The Bertz CT molecular complexity index is 558. The molecule has 0 aliphatic carbocycles. The van der Waals surface area contributed by atoms with Crippen molar-refractivity contribution in [3.8, 4) is 17.2 Å². The Morgan fingerprint density at radius 2 is 1.81 bits per heavy atom. The van der Waals surface area contributed by atoms with Crippen LogP contribution in [0.3, 0.4) is 0 Å². The maximum absolute atomic E-state index is 8.57. The molecule has 0 radical (unpaired) electrons. The summed E-state index contributed by atoms with van der Waals surface area (Å²) >= 11 is 11.8. The third-order valence-corrected chi connectivity index (χ3v) is 2.54. The fourth-order valence-corrected chi connectivity index (χ4v) is 1.77. The van der Waals surface area contributed by atoms with Crippen molar-refractivity contribution in [2.24, 2.45) is 0 Å². The van der Waals surface area contributed by atoms with Crippen LogP contribution in [0.25, 0.3) is 11.1 Å². The molecule has 78 valence electrons. The minimum Gasteiger partial charge on any atom is -0.227 e. The lowest BCUT2D eigenvalue weighted by molar-refractivity contribution is 1.12. The molecular weight excluding hydrogens is 245 g/mol. The van der Waals surface area contributed by atoms with Crippen molar-refractivity contribution < 1.29 is 0 Å². The molecule has 1 aromatic heterocycles. The normalized spacial score (nSPS) is 9.81. The van der Waals surface area contributed by atoms with Gasteiger partial charge < -0.3 is 0 Å². The van der Waals surface area contributed by atoms with Gasteiger partial charge in [0, 0.05) is 33.6 Å². The van der Waals surface area contributed by atoms with E-state index in [2.05, 4.69) is 9.97 Å². The maximum Gasteiger partial charge on any atom is 0.232 e. The first-order valence-corrected chi connectivity index (χ1v) is 5.14. The van der Waals surface area contributed by atoms with Gasteiger partial charge in [-0.15, -0.1) is 0 Å². The van der Waals surface area contributed by atoms with Gasteiger partial charge >= 0.3 is 0 Å². The molecule has 0 saturated heterocycles. The molecule has 0 atom stereocenters. The van der Waals surface area contributed by atoms with Crippen molar-refractivity contribution in [2.75, 3.05) is 0 Å². The molecule has 2 rings (SSSR count). The van der Waals surface area contributed by atoms with Crippen molar-refractivity contribution in [3.63, 3.8) is 0 Å². The third-order valence-electron chi connectivity index (χ3n) is 1.99. The average Bonchev–Trinajstić information content (AvgIpc) is 2.29. The highest BCUT2D eigenvalue weighted by atomic mass is 35.5. The Hall–Kier alpha value is -1.63. The topological polar surface area (TPSA) is 49.6 Å². The summed E-state index contributed by atoms with van der Waals surface area (Å²) in [6.45, 7) is 0. The second-order valence-electron chi connectivity index (χ2n) is 3.03. The van der Waals surface area contributed by atoms with Gasteiger partial charge in [0.1, 0.15) is 6.07 Å². The van der Waals surface area contributed by atoms with Crippen LogP contribution in [0.5, 0.6) is 0 Å². The van der Waals surface area contributed by atoms with Crippen LogP contribution >= 0.6 is 23.2 Å². The molecule has 0 unspecified atom stereocenters. The number of halogens is 2. The summed E-state index contributed by atoms with van der Waals surface area (Å²) in [7, 11) is 0. The van der Waals surface area contributed by atoms with E-state index in [1.165, 1.54) is 0 Å². The number of hydrogen-bond donors (Lipinski definition) is 0. The highest BCUT2D eigenvalue weighted by Crippen LogP contribution is 2.29. The van der Waals surface area contributed by atoms with Crippen LogP contribution in [-0.2, 0) is 0 Å². The molecular formula is C11H5Cl2N3. The molecule has 0 aliphatic rings. The van der Waals surface area contributed by atoms with Crippen molar-refractivity contribution in [1.29, 1.82) is 5.26 Å². The molecule has 0 aliphatic heterocycles. The van der Waals surface area contributed by atoms with E-state index in [-0.39, 0.29) is 5.82 Å². The lowest BCUT2D eigenvalue weighted by Gasteiger charge is -2.03. The molecule has 0 spiro atoms. The molecule has 2 aromatic rings. The Kier molecular flexibility index (Phi) is 3.04. The molecule has 16 heavy (non-hydrogen) atoms. The Morgan fingerprint density at radius 1 is 1.12 bits per heavy atom. The minimum absolute atomic E-state index is 0.133. The fraction of sp³-hybridized carbons (Fsp3) is 0. The molecule has 5 heteroatoms. The second-order valence-corrected chi connectivity index (χ2v) is 3.87. The highest BCUT2D eigenvalue weighted by molar-refractivity contribution is 6.36. The second kappa shape index (κ2) is 4.48. The van der Waals surface area contributed by atoms with Crippen LogP contribution in [0.15, 0.2) is 30.6 Å². The van der Waals surface area contributed by atoms with Gasteiger partial charge in [-0.2, -0.15) is 5.26 Å². The summed E-state index contributed by atoms with van der Waals surface area (Å²) in [6, 6.07) is 7.03. The summed E-state index contributed by atoms with van der Waals surface area (Å²) in [5.41, 5.74) is 1.54. The minimum atomic E-state index is 0.133. The van der Waals surface area contributed by atoms with Crippen LogP contribution in [-0.4, -0.2) is 9.97 Å². The first kappa shape index (κ1) is 10.9. The van der Waals surface area contributed by atoms with Gasteiger partial charge in [-0.05, 0) is 12.1 Å². The van der Waals surface area contributed by atoms with Gasteiger partial charge in [-0.25, -0.2) is 9.97 Å². The predicted octanol–water partition coefficient (Wildman–Crippen LogP) is 3.32. The molecule has 0 fully saturated rings. The van der Waals surface area contributed by atoms with E-state index in [1.54, 1.807) is 30.6 Å². The van der Waals surface area contributed by atoms with E-state index < -0.39 is 0 Å². The molecule has 3 nitrogen and oxygen atoms in total.